The summed E-state index contributed by atoms with van der Waals surface area (Å²) in [7, 11) is 0. The Morgan fingerprint density at radius 2 is 1.55 bits per heavy atom. The Bertz CT molecular complexity index is 1070. The molecule has 1 saturated heterocycles. The zero-order valence-corrected chi connectivity index (χ0v) is 28.5. The molecule has 44 heavy (non-hydrogen) atoms. The van der Waals surface area contributed by atoms with Crippen molar-refractivity contribution < 1.29 is 40.1 Å². The summed E-state index contributed by atoms with van der Waals surface area (Å²) in [5, 5.41) is 63.2. The maximum absolute atomic E-state index is 12.0. The van der Waals surface area contributed by atoms with Gasteiger partial charge in [0.25, 0.3) is 0 Å². The summed E-state index contributed by atoms with van der Waals surface area (Å²) in [5.74, 6) is 1.32. The largest absolute Gasteiger partial charge is 0.394 e. The lowest BCUT2D eigenvalue weighted by molar-refractivity contribution is -0.331. The van der Waals surface area contributed by atoms with Gasteiger partial charge in [-0.05, 0) is 124 Å². The van der Waals surface area contributed by atoms with Crippen LogP contribution in [0, 0.1) is 45.3 Å². The number of hydrogen-bond acceptors (Lipinski definition) is 8. The van der Waals surface area contributed by atoms with Crippen molar-refractivity contribution in [2.45, 2.75) is 162 Å². The van der Waals surface area contributed by atoms with E-state index in [0.29, 0.717) is 17.8 Å². The smallest absolute Gasteiger partial charge is 0.186 e. The van der Waals surface area contributed by atoms with E-state index in [4.69, 9.17) is 9.47 Å². The summed E-state index contributed by atoms with van der Waals surface area (Å²) in [5.41, 5.74) is 0.589. The van der Waals surface area contributed by atoms with E-state index < -0.39 is 42.9 Å². The molecular weight excluding hydrogens is 560 g/mol. The molecule has 0 radical (unpaired) electrons. The summed E-state index contributed by atoms with van der Waals surface area (Å²) < 4.78 is 12.2. The molecule has 0 spiro atoms. The summed E-state index contributed by atoms with van der Waals surface area (Å²) in [4.78, 5) is 0. The Morgan fingerprint density at radius 3 is 2.18 bits per heavy atom. The van der Waals surface area contributed by atoms with Crippen molar-refractivity contribution in [3.8, 4) is 0 Å². The van der Waals surface area contributed by atoms with Gasteiger partial charge in [0, 0.05) is 0 Å². The SMILES string of the molecule is C/C(=C\CCC(C)(C)O)[C@@H]1CC[C@@]2(C)[C@H]1[C@@H](O)C[C@H]1[C@]3(C)CC[C@@H](O[C@H]4O[C@@H](CO)[C@H](O)[C@@H](O)[C@@H]4O)C(C)(C)[C@H]3CC[C@@]12C. The highest BCUT2D eigenvalue weighted by molar-refractivity contribution is 5.22. The standard InChI is InChI=1S/C36H62O8/c1-20(10-9-14-32(2,3)42)21-11-16-36(8)27(21)22(38)18-25-34(6)15-13-26(33(4,5)24(34)12-17-35(25,36)7)44-31-30(41)29(40)28(39)23(19-37)43-31/h10,21-31,37-42H,9,11-19H2,1-8H3/b20-10+/t21-,22-,23-,24+,25-,26+,27+,28-,29+,30-,31+,34+,35-,36-/m0/s1. The van der Waals surface area contributed by atoms with Gasteiger partial charge >= 0.3 is 0 Å². The van der Waals surface area contributed by atoms with Crippen molar-refractivity contribution in [1.82, 2.24) is 0 Å². The fourth-order valence-corrected chi connectivity index (χ4v) is 11.6. The summed E-state index contributed by atoms with van der Waals surface area (Å²) in [6, 6.07) is 0. The van der Waals surface area contributed by atoms with E-state index in [9.17, 15) is 30.6 Å². The van der Waals surface area contributed by atoms with E-state index >= 15 is 0 Å². The fraction of sp³-hybridized carbons (Fsp3) is 0.944. The van der Waals surface area contributed by atoms with Crippen molar-refractivity contribution in [3.63, 3.8) is 0 Å². The molecule has 254 valence electrons. The number of rotatable bonds is 7. The number of aliphatic hydroxyl groups excluding tert-OH is 5. The Balaban J connectivity index is 1.36. The summed E-state index contributed by atoms with van der Waals surface area (Å²) >= 11 is 0. The molecule has 14 atom stereocenters. The fourth-order valence-electron chi connectivity index (χ4n) is 11.6. The number of fused-ring (bicyclic) bond motifs is 5. The second-order valence-electron chi connectivity index (χ2n) is 17.4. The number of aliphatic hydroxyl groups is 6. The lowest BCUT2D eigenvalue weighted by Gasteiger charge is -2.70. The Labute approximate surface area is 265 Å². The van der Waals surface area contributed by atoms with E-state index in [1.54, 1.807) is 0 Å². The van der Waals surface area contributed by atoms with Gasteiger partial charge in [0.2, 0.25) is 0 Å². The van der Waals surface area contributed by atoms with E-state index in [1.165, 1.54) is 5.57 Å². The van der Waals surface area contributed by atoms with Crippen molar-refractivity contribution in [1.29, 1.82) is 0 Å². The van der Waals surface area contributed by atoms with Gasteiger partial charge in [0.05, 0.1) is 24.4 Å². The molecule has 0 aromatic carbocycles. The molecular formula is C36H62O8. The molecule has 0 amide bonds. The number of allylic oxidation sites excluding steroid dienone is 2. The number of ether oxygens (including phenoxy) is 2. The number of hydrogen-bond donors (Lipinski definition) is 6. The molecule has 5 aliphatic rings. The van der Waals surface area contributed by atoms with E-state index in [0.717, 1.165) is 57.8 Å². The molecule has 4 aliphatic carbocycles. The van der Waals surface area contributed by atoms with E-state index in [1.807, 2.05) is 13.8 Å². The molecule has 4 saturated carbocycles. The summed E-state index contributed by atoms with van der Waals surface area (Å²) in [6.45, 7) is 17.4. The average molecular weight is 623 g/mol. The van der Waals surface area contributed by atoms with Gasteiger partial charge in [0.1, 0.15) is 24.4 Å². The first-order valence-electron chi connectivity index (χ1n) is 17.3. The highest BCUT2D eigenvalue weighted by atomic mass is 16.7. The minimum Gasteiger partial charge on any atom is -0.394 e. The minimum absolute atomic E-state index is 0.0103. The first kappa shape index (κ1) is 34.7. The van der Waals surface area contributed by atoms with Crippen LogP contribution in [0.15, 0.2) is 11.6 Å². The Hall–Kier alpha value is -0.580. The van der Waals surface area contributed by atoms with Gasteiger partial charge < -0.3 is 40.1 Å². The third-order valence-electron chi connectivity index (χ3n) is 14.3. The Kier molecular flexibility index (Phi) is 9.35. The molecule has 5 fully saturated rings. The van der Waals surface area contributed by atoms with Crippen LogP contribution in [0.1, 0.15) is 113 Å². The van der Waals surface area contributed by atoms with Crippen LogP contribution in [0.5, 0.6) is 0 Å². The van der Waals surface area contributed by atoms with Crippen LogP contribution >= 0.6 is 0 Å². The van der Waals surface area contributed by atoms with Crippen molar-refractivity contribution in [2.75, 3.05) is 6.61 Å². The highest BCUT2D eigenvalue weighted by Gasteiger charge is 2.70. The van der Waals surface area contributed by atoms with E-state index in [-0.39, 0.29) is 39.8 Å². The quantitative estimate of drug-likeness (QED) is 0.182. The van der Waals surface area contributed by atoms with Gasteiger partial charge in [-0.2, -0.15) is 0 Å². The molecule has 8 nitrogen and oxygen atoms in total. The zero-order valence-electron chi connectivity index (χ0n) is 28.5. The van der Waals surface area contributed by atoms with Crippen molar-refractivity contribution >= 4 is 0 Å². The predicted molar refractivity (Wildman–Crippen MR) is 168 cm³/mol. The molecule has 0 unspecified atom stereocenters. The monoisotopic (exact) mass is 622 g/mol. The lowest BCUT2D eigenvalue weighted by atomic mass is 9.35. The first-order valence-corrected chi connectivity index (χ1v) is 17.3. The normalized spacial score (nSPS) is 51.0. The first-order chi connectivity index (χ1) is 20.3. The van der Waals surface area contributed by atoms with Crippen LogP contribution in [0.2, 0.25) is 0 Å². The van der Waals surface area contributed by atoms with Crippen LogP contribution < -0.4 is 0 Å². The lowest BCUT2D eigenvalue weighted by Crippen LogP contribution is -2.67. The van der Waals surface area contributed by atoms with E-state index in [2.05, 4.69) is 47.6 Å². The van der Waals surface area contributed by atoms with Crippen LogP contribution in [-0.2, 0) is 9.47 Å². The van der Waals surface area contributed by atoms with Crippen molar-refractivity contribution in [3.05, 3.63) is 11.6 Å². The molecule has 5 rings (SSSR count). The van der Waals surface area contributed by atoms with Crippen LogP contribution in [0.3, 0.4) is 0 Å². The van der Waals surface area contributed by atoms with Gasteiger partial charge in [0.15, 0.2) is 6.29 Å². The molecule has 0 aromatic heterocycles. The molecule has 8 heteroatoms. The van der Waals surface area contributed by atoms with Gasteiger partial charge in [-0.1, -0.05) is 46.3 Å². The second-order valence-corrected chi connectivity index (χ2v) is 17.4. The van der Waals surface area contributed by atoms with Crippen LogP contribution in [-0.4, -0.2) is 85.8 Å². The van der Waals surface area contributed by atoms with Crippen molar-refractivity contribution in [2.24, 2.45) is 45.3 Å². The maximum Gasteiger partial charge on any atom is 0.186 e. The molecule has 0 bridgehead atoms. The second kappa shape index (κ2) is 11.8. The van der Waals surface area contributed by atoms with Gasteiger partial charge in [-0.15, -0.1) is 0 Å². The maximum atomic E-state index is 12.0. The third kappa shape index (κ3) is 5.45. The molecule has 1 aliphatic heterocycles. The molecule has 1 heterocycles. The third-order valence-corrected chi connectivity index (χ3v) is 14.3. The van der Waals surface area contributed by atoms with Crippen LogP contribution in [0.25, 0.3) is 0 Å². The molecule has 0 aromatic rings. The van der Waals surface area contributed by atoms with Gasteiger partial charge in [-0.3, -0.25) is 0 Å². The average Bonchev–Trinajstić information content (AvgIpc) is 3.31. The minimum atomic E-state index is -1.45. The predicted octanol–water partition coefficient (Wildman–Crippen LogP) is 4.32. The highest BCUT2D eigenvalue weighted by Crippen LogP contribution is 2.75. The van der Waals surface area contributed by atoms with Gasteiger partial charge in [-0.25, -0.2) is 0 Å². The molecule has 6 N–H and O–H groups in total. The topological polar surface area (TPSA) is 140 Å². The zero-order chi connectivity index (χ0) is 32.6. The Morgan fingerprint density at radius 1 is 0.886 bits per heavy atom. The van der Waals surface area contributed by atoms with Crippen LogP contribution in [0.4, 0.5) is 0 Å². The summed E-state index contributed by atoms with van der Waals surface area (Å²) in [6.07, 6.45) is 3.85.